The first-order valence-electron chi connectivity index (χ1n) is 20.8. The van der Waals surface area contributed by atoms with Gasteiger partial charge in [-0.15, -0.1) is 0 Å². The van der Waals surface area contributed by atoms with Gasteiger partial charge in [-0.2, -0.15) is 0 Å². The van der Waals surface area contributed by atoms with Gasteiger partial charge in [0, 0.05) is 18.7 Å². The van der Waals surface area contributed by atoms with Gasteiger partial charge in [0.1, 0.15) is 29.8 Å². The van der Waals surface area contributed by atoms with E-state index >= 15 is 0 Å². The number of nitrogens with one attached hydrogen (secondary N) is 4. The van der Waals surface area contributed by atoms with Gasteiger partial charge < -0.3 is 44.6 Å². The average Bonchev–Trinajstić information content (AvgIpc) is 4.12. The fourth-order valence-corrected chi connectivity index (χ4v) is 8.30. The predicted octanol–water partition coefficient (Wildman–Crippen LogP) is 7.33. The van der Waals surface area contributed by atoms with Crippen molar-refractivity contribution < 1.29 is 33.4 Å². The Balaban J connectivity index is 0.951. The Labute approximate surface area is 359 Å². The number of aromatic nitrogens is 4. The second kappa shape index (κ2) is 18.3. The van der Waals surface area contributed by atoms with E-state index in [9.17, 15) is 19.2 Å². The number of ether oxygens (including phenoxy) is 3. The average molecular weight is 839 g/mol. The lowest BCUT2D eigenvalue weighted by Crippen LogP contribution is -2.51. The molecule has 0 bridgehead atoms. The van der Waals surface area contributed by atoms with Crippen LogP contribution in [0.1, 0.15) is 62.0 Å². The van der Waals surface area contributed by atoms with Crippen LogP contribution < -0.4 is 10.6 Å². The first-order valence-corrected chi connectivity index (χ1v) is 20.8. The summed E-state index contributed by atoms with van der Waals surface area (Å²) in [4.78, 5) is 71.7. The Kier molecular flexibility index (Phi) is 12.3. The van der Waals surface area contributed by atoms with E-state index in [4.69, 9.17) is 24.2 Å². The third-order valence-corrected chi connectivity index (χ3v) is 11.7. The molecule has 62 heavy (non-hydrogen) atoms. The van der Waals surface area contributed by atoms with Crippen molar-refractivity contribution >= 4 is 34.8 Å². The molecule has 4 heterocycles. The molecule has 0 spiro atoms. The minimum atomic E-state index is -0.942. The molecule has 2 aromatic heterocycles. The number of benzene rings is 4. The summed E-state index contributed by atoms with van der Waals surface area (Å²) in [6, 6.07) is 27.7. The van der Waals surface area contributed by atoms with E-state index in [-0.39, 0.29) is 30.4 Å². The van der Waals surface area contributed by atoms with Gasteiger partial charge in [-0.25, -0.2) is 19.6 Å². The van der Waals surface area contributed by atoms with E-state index in [1.807, 2.05) is 43.0 Å². The fourth-order valence-electron chi connectivity index (χ4n) is 8.30. The number of imidazole rings is 2. The third-order valence-electron chi connectivity index (χ3n) is 11.7. The molecule has 4 unspecified atom stereocenters. The highest BCUT2D eigenvalue weighted by molar-refractivity contribution is 5.91. The van der Waals surface area contributed by atoms with Crippen molar-refractivity contribution in [1.82, 2.24) is 40.4 Å². The number of methoxy groups -OCH3 is 2. The Morgan fingerprint density at radius 2 is 1.27 bits per heavy atom. The molecule has 4 N–H and O–H groups in total. The predicted molar refractivity (Wildman–Crippen MR) is 232 cm³/mol. The number of carbonyl (C=O) groups excluding carboxylic acids is 4. The minimum Gasteiger partial charge on any atom is -0.453 e. The molecule has 8 rings (SSSR count). The molecule has 4 atom stereocenters. The summed E-state index contributed by atoms with van der Waals surface area (Å²) in [6.07, 6.45) is 3.87. The molecule has 2 aliphatic heterocycles. The van der Waals surface area contributed by atoms with Gasteiger partial charge in [-0.3, -0.25) is 9.59 Å². The van der Waals surface area contributed by atoms with Crippen LogP contribution in [0.5, 0.6) is 0 Å². The quantitative estimate of drug-likeness (QED) is 0.104. The van der Waals surface area contributed by atoms with Crippen molar-refractivity contribution in [3.8, 4) is 33.6 Å². The topological polar surface area (TPSA) is 184 Å². The number of nitrogens with zero attached hydrogens (tertiary/aromatic N) is 4. The molecule has 0 aliphatic carbocycles. The lowest BCUT2D eigenvalue weighted by Gasteiger charge is -2.36. The number of hydrogen-bond donors (Lipinski definition) is 4. The van der Waals surface area contributed by atoms with Crippen LogP contribution in [-0.2, 0) is 23.8 Å². The van der Waals surface area contributed by atoms with Gasteiger partial charge in [0.15, 0.2) is 0 Å². The summed E-state index contributed by atoms with van der Waals surface area (Å²) >= 11 is 0. The van der Waals surface area contributed by atoms with Crippen molar-refractivity contribution in [3.05, 3.63) is 121 Å². The van der Waals surface area contributed by atoms with Gasteiger partial charge in [0.05, 0.1) is 57.3 Å². The number of H-pyrrole nitrogens is 2. The van der Waals surface area contributed by atoms with E-state index in [0.717, 1.165) is 63.1 Å². The van der Waals surface area contributed by atoms with Crippen molar-refractivity contribution in [2.75, 3.05) is 40.5 Å². The summed E-state index contributed by atoms with van der Waals surface area (Å²) < 4.78 is 15.4. The van der Waals surface area contributed by atoms with Gasteiger partial charge in [0.2, 0.25) is 5.91 Å². The van der Waals surface area contributed by atoms with Crippen LogP contribution in [0, 0.1) is 5.92 Å². The maximum absolute atomic E-state index is 14.0. The molecule has 4 aromatic carbocycles. The van der Waals surface area contributed by atoms with E-state index in [1.165, 1.54) is 14.2 Å². The maximum Gasteiger partial charge on any atom is 0.407 e. The molecular weight excluding hydrogens is 789 g/mol. The SMILES string of the molecule is COC(=O)NC(C(=O)N1CCOCC1c1ncc(-c2ccc3cc(-c4ccc(-c5cnc(C6CCCN6C(=O)C(NC(=O)OC)C(C)C)[nH]5)cc4)ccc3c2)[nH]1)c1ccccc1. The molecule has 15 heteroatoms. The summed E-state index contributed by atoms with van der Waals surface area (Å²) in [5.74, 6) is 0.768. The summed E-state index contributed by atoms with van der Waals surface area (Å²) in [7, 11) is 2.56. The minimum absolute atomic E-state index is 0.111. The summed E-state index contributed by atoms with van der Waals surface area (Å²) in [5.41, 5.74) is 6.35. The molecular formula is C47H50N8O7. The molecule has 320 valence electrons. The largest absolute Gasteiger partial charge is 0.453 e. The van der Waals surface area contributed by atoms with Crippen LogP contribution in [0.2, 0.25) is 0 Å². The smallest absolute Gasteiger partial charge is 0.407 e. The van der Waals surface area contributed by atoms with Gasteiger partial charge in [-0.05, 0) is 63.9 Å². The summed E-state index contributed by atoms with van der Waals surface area (Å²) in [6.45, 7) is 5.34. The van der Waals surface area contributed by atoms with E-state index in [1.54, 1.807) is 29.4 Å². The zero-order chi connectivity index (χ0) is 43.3. The van der Waals surface area contributed by atoms with Gasteiger partial charge >= 0.3 is 12.2 Å². The second-order valence-electron chi connectivity index (χ2n) is 15.9. The molecule has 2 saturated heterocycles. The highest BCUT2D eigenvalue weighted by Crippen LogP contribution is 2.35. The van der Waals surface area contributed by atoms with E-state index < -0.39 is 30.3 Å². The number of likely N-dealkylation sites (tertiary alicyclic amines) is 1. The summed E-state index contributed by atoms with van der Waals surface area (Å²) in [5, 5.41) is 7.53. The van der Waals surface area contributed by atoms with Crippen LogP contribution in [0.4, 0.5) is 9.59 Å². The first kappa shape index (κ1) is 41.7. The molecule has 0 saturated carbocycles. The highest BCUT2D eigenvalue weighted by atomic mass is 16.5. The Bertz CT molecular complexity index is 2550. The highest BCUT2D eigenvalue weighted by Gasteiger charge is 2.38. The first-order chi connectivity index (χ1) is 30.1. The number of morpholine rings is 1. The molecule has 15 nitrogen and oxygen atoms in total. The molecule has 6 aromatic rings. The second-order valence-corrected chi connectivity index (χ2v) is 15.9. The number of aromatic amines is 2. The van der Waals surface area contributed by atoms with Crippen molar-refractivity contribution in [1.29, 1.82) is 0 Å². The number of alkyl carbamates (subject to hydrolysis) is 2. The molecule has 2 fully saturated rings. The van der Waals surface area contributed by atoms with Crippen molar-refractivity contribution in [2.24, 2.45) is 5.92 Å². The molecule has 4 amide bonds. The van der Waals surface area contributed by atoms with Crippen LogP contribution >= 0.6 is 0 Å². The standard InChI is InChI=1S/C47H50N8O7/c1-28(2)40(52-46(58)60-3)44(56)54-20-8-11-38(54)42-48-25-36(50-42)30-14-12-29(13-15-30)32-16-17-34-24-35(19-18-33(34)23-32)37-26-49-43(51-37)39-27-62-22-21-55(39)45(57)41(53-47(59)61-4)31-9-6-5-7-10-31/h5-7,9-10,12-19,23-26,28,38-41H,8,11,20-22,27H2,1-4H3,(H,48,50)(H,49,51)(H,52,58)(H,53,59). The van der Waals surface area contributed by atoms with Crippen LogP contribution in [0.15, 0.2) is 103 Å². The Morgan fingerprint density at radius 3 is 1.95 bits per heavy atom. The number of amides is 4. The normalized spacial score (nSPS) is 17.4. The van der Waals surface area contributed by atoms with Gasteiger partial charge in [0.25, 0.3) is 5.91 Å². The van der Waals surface area contributed by atoms with Crippen molar-refractivity contribution in [2.45, 2.75) is 50.9 Å². The number of rotatable bonds is 11. The van der Waals surface area contributed by atoms with E-state index in [2.05, 4.69) is 75.2 Å². The fraction of sp³-hybridized carbons (Fsp3) is 0.319. The number of hydrogen-bond acceptors (Lipinski definition) is 9. The number of carbonyl (C=O) groups is 4. The van der Waals surface area contributed by atoms with Crippen molar-refractivity contribution in [3.63, 3.8) is 0 Å². The zero-order valence-electron chi connectivity index (χ0n) is 35.1. The maximum atomic E-state index is 14.0. The molecule has 0 radical (unpaired) electrons. The van der Waals surface area contributed by atoms with Gasteiger partial charge in [-0.1, -0.05) is 92.7 Å². The third kappa shape index (κ3) is 8.75. The van der Waals surface area contributed by atoms with Crippen LogP contribution in [-0.4, -0.2) is 100 Å². The Morgan fingerprint density at radius 1 is 0.694 bits per heavy atom. The Hall–Kier alpha value is -7.00. The monoisotopic (exact) mass is 838 g/mol. The zero-order valence-corrected chi connectivity index (χ0v) is 35.1. The lowest BCUT2D eigenvalue weighted by molar-refractivity contribution is -0.143. The lowest BCUT2D eigenvalue weighted by atomic mass is 9.98. The van der Waals surface area contributed by atoms with Crippen LogP contribution in [0.25, 0.3) is 44.4 Å². The molecule has 2 aliphatic rings. The number of fused-ring (bicyclic) bond motifs is 1. The van der Waals surface area contributed by atoms with E-state index in [0.29, 0.717) is 31.1 Å². The van der Waals surface area contributed by atoms with Crippen LogP contribution in [0.3, 0.4) is 0 Å².